The molecule has 1 atom stereocenters. The highest BCUT2D eigenvalue weighted by molar-refractivity contribution is 6.31. The minimum atomic E-state index is -0.241. The van der Waals surface area contributed by atoms with Gasteiger partial charge in [0, 0.05) is 15.7 Å². The molecule has 1 heterocycles. The number of carbonyl (C=O) groups is 1. The molecule has 0 aromatic heterocycles. The summed E-state index contributed by atoms with van der Waals surface area (Å²) in [6.07, 6.45) is 0.613. The fourth-order valence-electron chi connectivity index (χ4n) is 2.34. The molecule has 0 bridgehead atoms. The minimum absolute atomic E-state index is 0.0807. The molecule has 2 aromatic carbocycles. The molecule has 1 N–H and O–H groups in total. The van der Waals surface area contributed by atoms with Crippen LogP contribution >= 0.6 is 23.2 Å². The van der Waals surface area contributed by atoms with E-state index in [4.69, 9.17) is 27.9 Å². The van der Waals surface area contributed by atoms with Gasteiger partial charge in [-0.1, -0.05) is 29.3 Å². The second-order valence-corrected chi connectivity index (χ2v) is 5.84. The van der Waals surface area contributed by atoms with Crippen LogP contribution in [0.25, 0.3) is 0 Å². The van der Waals surface area contributed by atoms with Crippen LogP contribution in [0, 0.1) is 5.92 Å². The number of ether oxygens (including phenoxy) is 1. The molecule has 0 spiro atoms. The summed E-state index contributed by atoms with van der Waals surface area (Å²) in [6, 6.07) is 12.5. The van der Waals surface area contributed by atoms with Crippen LogP contribution in [0.1, 0.15) is 5.56 Å². The molecule has 0 unspecified atom stereocenters. The lowest BCUT2D eigenvalue weighted by Crippen LogP contribution is -2.32. The Morgan fingerprint density at radius 3 is 2.76 bits per heavy atom. The lowest BCUT2D eigenvalue weighted by atomic mass is 9.96. The maximum absolute atomic E-state index is 12.3. The highest BCUT2D eigenvalue weighted by atomic mass is 35.5. The molecule has 1 aliphatic rings. The summed E-state index contributed by atoms with van der Waals surface area (Å²) >= 11 is 11.9. The van der Waals surface area contributed by atoms with Crippen LogP contribution in [0.3, 0.4) is 0 Å². The van der Waals surface area contributed by atoms with Gasteiger partial charge in [-0.15, -0.1) is 0 Å². The van der Waals surface area contributed by atoms with Gasteiger partial charge in [-0.25, -0.2) is 0 Å². The maximum atomic E-state index is 12.3. The number of hydrogen-bond donors (Lipinski definition) is 1. The molecule has 3 rings (SSSR count). The van der Waals surface area contributed by atoms with Gasteiger partial charge in [0.25, 0.3) is 0 Å². The summed E-state index contributed by atoms with van der Waals surface area (Å²) in [7, 11) is 0. The number of nitrogens with one attached hydrogen (secondary N) is 1. The summed E-state index contributed by atoms with van der Waals surface area (Å²) < 4.78 is 5.63. The van der Waals surface area contributed by atoms with Crippen molar-refractivity contribution >= 4 is 34.8 Å². The first-order valence-electron chi connectivity index (χ1n) is 6.59. The third-order valence-corrected chi connectivity index (χ3v) is 3.86. The fourth-order valence-corrected chi connectivity index (χ4v) is 2.73. The highest BCUT2D eigenvalue weighted by Crippen LogP contribution is 2.30. The number of halogens is 2. The first kappa shape index (κ1) is 14.2. The molecule has 0 radical (unpaired) electrons. The quantitative estimate of drug-likeness (QED) is 0.900. The standard InChI is InChI=1S/C16H13Cl2NO2/c17-12-2-1-3-14(8-12)19-16(20)11-6-10-7-13(18)4-5-15(10)21-9-11/h1-5,7-8,11H,6,9H2,(H,19,20)/t11-/m0/s1. The Bertz CT molecular complexity index is 688. The molecule has 108 valence electrons. The number of rotatable bonds is 2. The molecule has 2 aromatic rings. The maximum Gasteiger partial charge on any atom is 0.231 e. The predicted octanol–water partition coefficient (Wildman–Crippen LogP) is 4.18. The SMILES string of the molecule is O=C(Nc1cccc(Cl)c1)[C@@H]1COc2ccc(Cl)cc2C1. The molecule has 1 amide bonds. The second kappa shape index (κ2) is 5.96. The van der Waals surface area contributed by atoms with E-state index in [1.807, 2.05) is 12.1 Å². The van der Waals surface area contributed by atoms with Crippen LogP contribution < -0.4 is 10.1 Å². The van der Waals surface area contributed by atoms with Crippen LogP contribution in [0.5, 0.6) is 5.75 Å². The monoisotopic (exact) mass is 321 g/mol. The van der Waals surface area contributed by atoms with E-state index in [2.05, 4.69) is 5.32 Å². The molecular weight excluding hydrogens is 309 g/mol. The lowest BCUT2D eigenvalue weighted by Gasteiger charge is -2.24. The first-order valence-corrected chi connectivity index (χ1v) is 7.35. The Balaban J connectivity index is 1.72. The van der Waals surface area contributed by atoms with E-state index in [9.17, 15) is 4.79 Å². The van der Waals surface area contributed by atoms with E-state index in [-0.39, 0.29) is 11.8 Å². The Morgan fingerprint density at radius 2 is 1.95 bits per heavy atom. The van der Waals surface area contributed by atoms with Gasteiger partial charge in [0.15, 0.2) is 0 Å². The average molecular weight is 322 g/mol. The van der Waals surface area contributed by atoms with Crippen LogP contribution in [-0.4, -0.2) is 12.5 Å². The molecule has 3 nitrogen and oxygen atoms in total. The zero-order valence-electron chi connectivity index (χ0n) is 11.1. The molecule has 21 heavy (non-hydrogen) atoms. The van der Waals surface area contributed by atoms with Crippen molar-refractivity contribution in [3.05, 3.63) is 58.1 Å². The largest absolute Gasteiger partial charge is 0.492 e. The van der Waals surface area contributed by atoms with Crippen LogP contribution in [0.15, 0.2) is 42.5 Å². The third-order valence-electron chi connectivity index (χ3n) is 3.39. The topological polar surface area (TPSA) is 38.3 Å². The van der Waals surface area contributed by atoms with Crippen LogP contribution in [-0.2, 0) is 11.2 Å². The number of anilines is 1. The van der Waals surface area contributed by atoms with Gasteiger partial charge >= 0.3 is 0 Å². The minimum Gasteiger partial charge on any atom is -0.492 e. The Labute approximate surface area is 132 Å². The summed E-state index contributed by atoms with van der Waals surface area (Å²) in [4.78, 5) is 12.3. The van der Waals surface area contributed by atoms with Crippen LogP contribution in [0.2, 0.25) is 10.0 Å². The van der Waals surface area contributed by atoms with Crippen LogP contribution in [0.4, 0.5) is 5.69 Å². The average Bonchev–Trinajstić information content (AvgIpc) is 2.46. The summed E-state index contributed by atoms with van der Waals surface area (Å²) in [6.45, 7) is 0.362. The number of benzene rings is 2. The second-order valence-electron chi connectivity index (χ2n) is 4.96. The van der Waals surface area contributed by atoms with Gasteiger partial charge in [-0.2, -0.15) is 0 Å². The number of amides is 1. The number of carbonyl (C=O) groups excluding carboxylic acids is 1. The highest BCUT2D eigenvalue weighted by Gasteiger charge is 2.26. The van der Waals surface area contributed by atoms with Gasteiger partial charge < -0.3 is 10.1 Å². The van der Waals surface area contributed by atoms with Gasteiger partial charge in [0.2, 0.25) is 5.91 Å². The summed E-state index contributed by atoms with van der Waals surface area (Å²) in [5, 5.41) is 4.10. The van der Waals surface area contributed by atoms with E-state index in [0.717, 1.165) is 11.3 Å². The smallest absolute Gasteiger partial charge is 0.231 e. The van der Waals surface area contributed by atoms with Crippen molar-refractivity contribution in [3.8, 4) is 5.75 Å². The zero-order valence-corrected chi connectivity index (χ0v) is 12.6. The predicted molar refractivity (Wildman–Crippen MR) is 84.2 cm³/mol. The molecule has 1 aliphatic heterocycles. The van der Waals surface area contributed by atoms with Gasteiger partial charge in [0.1, 0.15) is 12.4 Å². The molecule has 0 aliphatic carbocycles. The number of fused-ring (bicyclic) bond motifs is 1. The van der Waals surface area contributed by atoms with E-state index in [0.29, 0.717) is 28.8 Å². The number of hydrogen-bond acceptors (Lipinski definition) is 2. The Morgan fingerprint density at radius 1 is 1.14 bits per heavy atom. The Kier molecular flexibility index (Phi) is 4.04. The van der Waals surface area contributed by atoms with E-state index < -0.39 is 0 Å². The van der Waals surface area contributed by atoms with E-state index in [1.165, 1.54) is 0 Å². The van der Waals surface area contributed by atoms with Gasteiger partial charge in [0.05, 0.1) is 5.92 Å². The van der Waals surface area contributed by atoms with Crippen molar-refractivity contribution in [1.82, 2.24) is 0 Å². The van der Waals surface area contributed by atoms with Crippen molar-refractivity contribution in [3.63, 3.8) is 0 Å². The first-order chi connectivity index (χ1) is 10.1. The summed E-state index contributed by atoms with van der Waals surface area (Å²) in [5.41, 5.74) is 1.64. The lowest BCUT2D eigenvalue weighted by molar-refractivity contribution is -0.121. The van der Waals surface area contributed by atoms with Crippen molar-refractivity contribution < 1.29 is 9.53 Å². The van der Waals surface area contributed by atoms with Crippen molar-refractivity contribution in [2.24, 2.45) is 5.92 Å². The van der Waals surface area contributed by atoms with Crippen molar-refractivity contribution in [2.45, 2.75) is 6.42 Å². The van der Waals surface area contributed by atoms with Gasteiger partial charge in [-0.05, 0) is 48.4 Å². The van der Waals surface area contributed by atoms with Crippen molar-refractivity contribution in [2.75, 3.05) is 11.9 Å². The zero-order chi connectivity index (χ0) is 14.8. The third kappa shape index (κ3) is 3.31. The van der Waals surface area contributed by atoms with E-state index >= 15 is 0 Å². The fraction of sp³-hybridized carbons (Fsp3) is 0.188. The normalized spacial score (nSPS) is 16.8. The molecule has 0 saturated carbocycles. The Hall–Kier alpha value is -1.71. The van der Waals surface area contributed by atoms with Crippen molar-refractivity contribution in [1.29, 1.82) is 0 Å². The molecule has 0 fully saturated rings. The van der Waals surface area contributed by atoms with Gasteiger partial charge in [-0.3, -0.25) is 4.79 Å². The molecular formula is C16H13Cl2NO2. The van der Waals surface area contributed by atoms with E-state index in [1.54, 1.807) is 30.3 Å². The molecule has 5 heteroatoms. The summed E-state index contributed by atoms with van der Waals surface area (Å²) in [5.74, 6) is 0.476. The molecule has 0 saturated heterocycles.